The lowest BCUT2D eigenvalue weighted by atomic mass is 9.95. The van der Waals surface area contributed by atoms with Crippen LogP contribution < -0.4 is 5.32 Å². The van der Waals surface area contributed by atoms with Gasteiger partial charge in [0.15, 0.2) is 0 Å². The average molecular weight is 260 g/mol. The van der Waals surface area contributed by atoms with Crippen LogP contribution in [0.25, 0.3) is 0 Å². The minimum Gasteiger partial charge on any atom is -0.306 e. The van der Waals surface area contributed by atoms with Crippen molar-refractivity contribution in [3.63, 3.8) is 0 Å². The monoisotopic (exact) mass is 260 g/mol. The number of likely N-dealkylation sites (tertiary alicyclic amines) is 1. The molecule has 1 heterocycles. The Bertz CT molecular complexity index is 361. The van der Waals surface area contributed by atoms with Crippen LogP contribution in [0.5, 0.6) is 0 Å². The summed E-state index contributed by atoms with van der Waals surface area (Å²) < 4.78 is 0. The van der Waals surface area contributed by atoms with Gasteiger partial charge in [-0.2, -0.15) is 0 Å². The highest BCUT2D eigenvalue weighted by Gasteiger charge is 2.21. The maximum atomic E-state index is 3.89. The summed E-state index contributed by atoms with van der Waals surface area (Å²) in [7, 11) is 2.23. The number of likely N-dealkylation sites (N-methyl/N-ethyl adjacent to an activating group) is 1. The number of benzene rings is 1. The number of piperidine rings is 1. The van der Waals surface area contributed by atoms with Crippen LogP contribution in [-0.4, -0.2) is 31.1 Å². The fourth-order valence-corrected chi connectivity index (χ4v) is 3.04. The summed E-state index contributed by atoms with van der Waals surface area (Å²) in [5.74, 6) is 0.721. The van der Waals surface area contributed by atoms with Crippen LogP contribution in [0.4, 0.5) is 0 Å². The smallest absolute Gasteiger partial charge is 0.0325 e. The van der Waals surface area contributed by atoms with Gasteiger partial charge in [0.2, 0.25) is 0 Å². The number of rotatable bonds is 5. The molecule has 1 aliphatic heterocycles. The molecular weight excluding hydrogens is 232 g/mol. The second-order valence-electron chi connectivity index (χ2n) is 6.36. The van der Waals surface area contributed by atoms with E-state index >= 15 is 0 Å². The van der Waals surface area contributed by atoms with Crippen LogP contribution in [0.3, 0.4) is 0 Å². The maximum absolute atomic E-state index is 3.89. The summed E-state index contributed by atoms with van der Waals surface area (Å²) in [6.45, 7) is 7.05. The molecule has 106 valence electrons. The van der Waals surface area contributed by atoms with E-state index in [1.165, 1.54) is 37.9 Å². The van der Waals surface area contributed by atoms with E-state index in [9.17, 15) is 0 Å². The second-order valence-corrected chi connectivity index (χ2v) is 6.36. The lowest BCUT2D eigenvalue weighted by Crippen LogP contribution is -2.45. The fraction of sp³-hybridized carbons (Fsp3) is 0.647. The quantitative estimate of drug-likeness (QED) is 0.872. The van der Waals surface area contributed by atoms with Gasteiger partial charge in [0.1, 0.15) is 0 Å². The summed E-state index contributed by atoms with van der Waals surface area (Å²) in [6, 6.07) is 12.1. The molecule has 2 atom stereocenters. The first kappa shape index (κ1) is 14.5. The summed E-state index contributed by atoms with van der Waals surface area (Å²) >= 11 is 0. The van der Waals surface area contributed by atoms with E-state index in [4.69, 9.17) is 0 Å². The molecule has 0 aliphatic carbocycles. The first-order valence-electron chi connectivity index (χ1n) is 7.64. The van der Waals surface area contributed by atoms with Crippen LogP contribution in [-0.2, 0) is 0 Å². The van der Waals surface area contributed by atoms with Crippen LogP contribution in [0, 0.1) is 5.92 Å². The SMILES string of the molecule is CC(C)CC(NC1CCCN(C)C1)c1ccccc1. The highest BCUT2D eigenvalue weighted by Crippen LogP contribution is 2.23. The van der Waals surface area contributed by atoms with E-state index in [0.717, 1.165) is 5.92 Å². The molecule has 19 heavy (non-hydrogen) atoms. The highest BCUT2D eigenvalue weighted by atomic mass is 15.1. The zero-order valence-corrected chi connectivity index (χ0v) is 12.6. The van der Waals surface area contributed by atoms with Crippen LogP contribution >= 0.6 is 0 Å². The third-order valence-electron chi connectivity index (χ3n) is 3.97. The van der Waals surface area contributed by atoms with E-state index < -0.39 is 0 Å². The Morgan fingerprint density at radius 2 is 2.00 bits per heavy atom. The van der Waals surface area contributed by atoms with E-state index in [2.05, 4.69) is 61.4 Å². The van der Waals surface area contributed by atoms with Crippen molar-refractivity contribution in [1.29, 1.82) is 0 Å². The fourth-order valence-electron chi connectivity index (χ4n) is 3.04. The molecule has 1 aromatic rings. The van der Waals surface area contributed by atoms with Gasteiger partial charge in [-0.15, -0.1) is 0 Å². The normalized spacial score (nSPS) is 22.6. The van der Waals surface area contributed by atoms with Crippen molar-refractivity contribution in [3.05, 3.63) is 35.9 Å². The molecule has 2 nitrogen and oxygen atoms in total. The van der Waals surface area contributed by atoms with Crippen molar-refractivity contribution in [1.82, 2.24) is 10.2 Å². The van der Waals surface area contributed by atoms with Crippen molar-refractivity contribution in [2.75, 3.05) is 20.1 Å². The summed E-state index contributed by atoms with van der Waals surface area (Å²) in [6.07, 6.45) is 3.84. The molecule has 1 aliphatic rings. The van der Waals surface area contributed by atoms with Crippen molar-refractivity contribution in [2.24, 2.45) is 5.92 Å². The van der Waals surface area contributed by atoms with Gasteiger partial charge in [-0.3, -0.25) is 0 Å². The molecule has 0 aromatic heterocycles. The van der Waals surface area contributed by atoms with Gasteiger partial charge in [-0.1, -0.05) is 44.2 Å². The van der Waals surface area contributed by atoms with Crippen LogP contribution in [0.15, 0.2) is 30.3 Å². The third kappa shape index (κ3) is 4.63. The van der Waals surface area contributed by atoms with Crippen LogP contribution in [0.2, 0.25) is 0 Å². The first-order chi connectivity index (χ1) is 9.15. The van der Waals surface area contributed by atoms with Crippen LogP contribution in [0.1, 0.15) is 44.7 Å². The summed E-state index contributed by atoms with van der Waals surface area (Å²) in [5.41, 5.74) is 1.43. The molecule has 0 spiro atoms. The Labute approximate surface area is 118 Å². The number of nitrogens with zero attached hydrogens (tertiary/aromatic N) is 1. The van der Waals surface area contributed by atoms with Gasteiger partial charge >= 0.3 is 0 Å². The van der Waals surface area contributed by atoms with E-state index in [-0.39, 0.29) is 0 Å². The Morgan fingerprint density at radius 1 is 1.26 bits per heavy atom. The van der Waals surface area contributed by atoms with E-state index in [1.54, 1.807) is 0 Å². The number of hydrogen-bond donors (Lipinski definition) is 1. The maximum Gasteiger partial charge on any atom is 0.0325 e. The van der Waals surface area contributed by atoms with Crippen molar-refractivity contribution in [3.8, 4) is 0 Å². The molecule has 1 saturated heterocycles. The predicted octanol–water partition coefficient (Wildman–Crippen LogP) is 3.46. The molecule has 1 N–H and O–H groups in total. The molecule has 0 amide bonds. The molecule has 0 saturated carbocycles. The molecule has 2 heteroatoms. The average Bonchev–Trinajstić information content (AvgIpc) is 2.38. The van der Waals surface area contributed by atoms with E-state index in [1.807, 2.05) is 0 Å². The zero-order chi connectivity index (χ0) is 13.7. The molecule has 2 unspecified atom stereocenters. The largest absolute Gasteiger partial charge is 0.306 e. The van der Waals surface area contributed by atoms with Gasteiger partial charge in [0.25, 0.3) is 0 Å². The Balaban J connectivity index is 2.01. The molecule has 0 bridgehead atoms. The standard InChI is InChI=1S/C17H28N2/c1-14(2)12-17(15-8-5-4-6-9-15)18-16-10-7-11-19(3)13-16/h4-6,8-9,14,16-18H,7,10-13H2,1-3H3. The summed E-state index contributed by atoms with van der Waals surface area (Å²) in [4.78, 5) is 2.44. The Kier molecular flexibility index (Phi) is 5.41. The Hall–Kier alpha value is -0.860. The van der Waals surface area contributed by atoms with Crippen molar-refractivity contribution < 1.29 is 0 Å². The Morgan fingerprint density at radius 3 is 2.63 bits per heavy atom. The van der Waals surface area contributed by atoms with Gasteiger partial charge < -0.3 is 10.2 Å². The lowest BCUT2D eigenvalue weighted by Gasteiger charge is -2.34. The second kappa shape index (κ2) is 7.06. The van der Waals surface area contributed by atoms with Gasteiger partial charge in [-0.05, 0) is 44.3 Å². The van der Waals surface area contributed by atoms with E-state index in [0.29, 0.717) is 12.1 Å². The molecular formula is C17H28N2. The molecule has 1 fully saturated rings. The minimum absolute atomic E-state index is 0.498. The highest BCUT2D eigenvalue weighted by molar-refractivity contribution is 5.19. The van der Waals surface area contributed by atoms with Crippen molar-refractivity contribution in [2.45, 2.75) is 45.2 Å². The lowest BCUT2D eigenvalue weighted by molar-refractivity contribution is 0.211. The number of nitrogens with one attached hydrogen (secondary N) is 1. The molecule has 1 aromatic carbocycles. The topological polar surface area (TPSA) is 15.3 Å². The molecule has 2 rings (SSSR count). The van der Waals surface area contributed by atoms with Gasteiger partial charge in [-0.25, -0.2) is 0 Å². The first-order valence-corrected chi connectivity index (χ1v) is 7.64. The van der Waals surface area contributed by atoms with Gasteiger partial charge in [0.05, 0.1) is 0 Å². The molecule has 0 radical (unpaired) electrons. The summed E-state index contributed by atoms with van der Waals surface area (Å²) in [5, 5.41) is 3.89. The third-order valence-corrected chi connectivity index (χ3v) is 3.97. The van der Waals surface area contributed by atoms with Crippen molar-refractivity contribution >= 4 is 0 Å². The zero-order valence-electron chi connectivity index (χ0n) is 12.6. The predicted molar refractivity (Wildman–Crippen MR) is 82.3 cm³/mol. The minimum atomic E-state index is 0.498. The van der Waals surface area contributed by atoms with Gasteiger partial charge in [0, 0.05) is 18.6 Å². The number of hydrogen-bond acceptors (Lipinski definition) is 2.